The van der Waals surface area contributed by atoms with Crippen molar-refractivity contribution < 1.29 is 5.11 Å². The Morgan fingerprint density at radius 2 is 1.57 bits per heavy atom. The number of benzene rings is 3. The summed E-state index contributed by atoms with van der Waals surface area (Å²) in [6.45, 7) is 0. The van der Waals surface area contributed by atoms with Crippen LogP contribution < -0.4 is 0 Å². The molecule has 0 spiro atoms. The van der Waals surface area contributed by atoms with Crippen LogP contribution in [0.2, 0.25) is 0 Å². The second-order valence-electron chi connectivity index (χ2n) is 5.93. The maximum absolute atomic E-state index is 10.8. The van der Waals surface area contributed by atoms with Crippen LogP contribution in [-0.2, 0) is 5.41 Å². The summed E-state index contributed by atoms with van der Waals surface area (Å²) < 4.78 is 0. The van der Waals surface area contributed by atoms with E-state index in [0.717, 1.165) is 27.5 Å². The fraction of sp³-hybridized carbons (Fsp3) is 0.0952. The zero-order chi connectivity index (χ0) is 15.9. The summed E-state index contributed by atoms with van der Waals surface area (Å²) in [5, 5.41) is 21.2. The van der Waals surface area contributed by atoms with Gasteiger partial charge in [0.25, 0.3) is 0 Å². The minimum absolute atomic E-state index is 0.763. The van der Waals surface area contributed by atoms with Gasteiger partial charge in [-0.05, 0) is 27.5 Å². The molecular weight excluding hydrogens is 282 g/mol. The Hall–Kier alpha value is -2.71. The molecule has 4 rings (SSSR count). The molecule has 1 aliphatic carbocycles. The molecule has 0 saturated carbocycles. The van der Waals surface area contributed by atoms with Gasteiger partial charge >= 0.3 is 0 Å². The first-order chi connectivity index (χ1) is 11.3. The summed E-state index contributed by atoms with van der Waals surface area (Å²) >= 11 is 0. The Bertz CT molecular complexity index is 923. The molecule has 0 amide bonds. The summed E-state index contributed by atoms with van der Waals surface area (Å²) in [5.41, 5.74) is 2.14. The second-order valence-corrected chi connectivity index (χ2v) is 5.93. The van der Waals surface area contributed by atoms with E-state index in [1.165, 1.54) is 6.21 Å². The van der Waals surface area contributed by atoms with Crippen molar-refractivity contribution in [1.82, 2.24) is 0 Å². The van der Waals surface area contributed by atoms with Crippen LogP contribution in [0.15, 0.2) is 72.8 Å². The SMILES string of the molecule is N=CC1(c2cccc3ccccc23)c2ccccc2C=CC1O. The summed E-state index contributed by atoms with van der Waals surface area (Å²) in [6.07, 6.45) is 4.35. The molecule has 0 bridgehead atoms. The third kappa shape index (κ3) is 1.89. The van der Waals surface area contributed by atoms with Crippen molar-refractivity contribution in [3.05, 3.63) is 89.5 Å². The first-order valence-corrected chi connectivity index (χ1v) is 7.73. The van der Waals surface area contributed by atoms with E-state index in [1.807, 2.05) is 54.6 Å². The van der Waals surface area contributed by atoms with Crippen LogP contribution in [0.5, 0.6) is 0 Å². The van der Waals surface area contributed by atoms with Crippen LogP contribution in [0, 0.1) is 5.41 Å². The van der Waals surface area contributed by atoms with Crippen LogP contribution in [0.4, 0.5) is 0 Å². The van der Waals surface area contributed by atoms with Crippen molar-refractivity contribution >= 4 is 23.1 Å². The number of nitrogens with one attached hydrogen (secondary N) is 1. The van der Waals surface area contributed by atoms with Gasteiger partial charge in [0.05, 0.1) is 11.5 Å². The Kier molecular flexibility index (Phi) is 3.14. The highest BCUT2D eigenvalue weighted by Crippen LogP contribution is 2.42. The first kappa shape index (κ1) is 13.9. The normalized spacial score (nSPS) is 22.7. The van der Waals surface area contributed by atoms with Crippen molar-refractivity contribution in [3.8, 4) is 0 Å². The molecular formula is C21H17NO. The molecule has 2 heteroatoms. The number of hydrogen-bond acceptors (Lipinski definition) is 2. The number of aliphatic hydroxyl groups excluding tert-OH is 1. The highest BCUT2D eigenvalue weighted by atomic mass is 16.3. The molecule has 0 aliphatic heterocycles. The lowest BCUT2D eigenvalue weighted by Gasteiger charge is -2.38. The van der Waals surface area contributed by atoms with Gasteiger partial charge < -0.3 is 10.5 Å². The molecule has 0 aromatic heterocycles. The molecule has 3 aromatic carbocycles. The van der Waals surface area contributed by atoms with E-state index in [9.17, 15) is 5.11 Å². The van der Waals surface area contributed by atoms with Crippen LogP contribution in [-0.4, -0.2) is 17.4 Å². The highest BCUT2D eigenvalue weighted by molar-refractivity contribution is 5.94. The van der Waals surface area contributed by atoms with Gasteiger partial charge in [0.1, 0.15) is 0 Å². The van der Waals surface area contributed by atoms with E-state index in [1.54, 1.807) is 6.08 Å². The molecule has 112 valence electrons. The Morgan fingerprint density at radius 1 is 0.870 bits per heavy atom. The molecule has 2 unspecified atom stereocenters. The van der Waals surface area contributed by atoms with Gasteiger partial charge in [-0.2, -0.15) is 0 Å². The monoisotopic (exact) mass is 299 g/mol. The quantitative estimate of drug-likeness (QED) is 0.686. The van der Waals surface area contributed by atoms with E-state index in [0.29, 0.717) is 0 Å². The minimum Gasteiger partial charge on any atom is -0.387 e. The average molecular weight is 299 g/mol. The molecule has 3 aromatic rings. The zero-order valence-corrected chi connectivity index (χ0v) is 12.6. The van der Waals surface area contributed by atoms with E-state index in [-0.39, 0.29) is 0 Å². The highest BCUT2D eigenvalue weighted by Gasteiger charge is 2.42. The van der Waals surface area contributed by atoms with Crippen molar-refractivity contribution in [2.24, 2.45) is 0 Å². The Labute approximate surface area is 135 Å². The van der Waals surface area contributed by atoms with Crippen LogP contribution >= 0.6 is 0 Å². The predicted octanol–water partition coefficient (Wildman–Crippen LogP) is 4.16. The third-order valence-electron chi connectivity index (χ3n) is 4.79. The summed E-state index contributed by atoms with van der Waals surface area (Å²) in [6, 6.07) is 22.2. The molecule has 0 radical (unpaired) electrons. The average Bonchev–Trinajstić information content (AvgIpc) is 2.62. The number of aliphatic hydroxyl groups is 1. The number of fused-ring (bicyclic) bond motifs is 2. The third-order valence-corrected chi connectivity index (χ3v) is 4.79. The topological polar surface area (TPSA) is 44.1 Å². The van der Waals surface area contributed by atoms with E-state index < -0.39 is 11.5 Å². The lowest BCUT2D eigenvalue weighted by Crippen LogP contribution is -2.43. The standard InChI is InChI=1S/C21H17NO/c22-14-21(18-10-4-2-7-16(18)12-13-20(21)23)19-11-5-8-15-6-1-3-9-17(15)19/h1-14,20,22-23H. The van der Waals surface area contributed by atoms with Crippen LogP contribution in [0.1, 0.15) is 16.7 Å². The molecule has 2 N–H and O–H groups in total. The summed E-state index contributed by atoms with van der Waals surface area (Å²) in [7, 11) is 0. The lowest BCUT2D eigenvalue weighted by molar-refractivity contribution is 0.182. The van der Waals surface area contributed by atoms with Gasteiger partial charge in [-0.25, -0.2) is 0 Å². The van der Waals surface area contributed by atoms with Gasteiger partial charge in [-0.3, -0.25) is 0 Å². The number of hydrogen-bond donors (Lipinski definition) is 2. The van der Waals surface area contributed by atoms with Gasteiger partial charge in [0.15, 0.2) is 0 Å². The van der Waals surface area contributed by atoms with E-state index >= 15 is 0 Å². The first-order valence-electron chi connectivity index (χ1n) is 7.73. The zero-order valence-electron chi connectivity index (χ0n) is 12.6. The van der Waals surface area contributed by atoms with Crippen molar-refractivity contribution in [2.75, 3.05) is 0 Å². The van der Waals surface area contributed by atoms with Crippen molar-refractivity contribution in [1.29, 1.82) is 5.41 Å². The number of rotatable bonds is 2. The van der Waals surface area contributed by atoms with Gasteiger partial charge in [-0.15, -0.1) is 0 Å². The molecule has 0 fully saturated rings. The Balaban J connectivity index is 2.11. The lowest BCUT2D eigenvalue weighted by atomic mass is 9.66. The Morgan fingerprint density at radius 3 is 2.43 bits per heavy atom. The predicted molar refractivity (Wildman–Crippen MR) is 95.0 cm³/mol. The molecule has 0 heterocycles. The smallest absolute Gasteiger partial charge is 0.0911 e. The van der Waals surface area contributed by atoms with E-state index in [4.69, 9.17) is 5.41 Å². The van der Waals surface area contributed by atoms with Crippen LogP contribution in [0.25, 0.3) is 16.8 Å². The fourth-order valence-electron chi connectivity index (χ4n) is 3.66. The molecule has 2 nitrogen and oxygen atoms in total. The molecule has 23 heavy (non-hydrogen) atoms. The molecule has 0 saturated heterocycles. The largest absolute Gasteiger partial charge is 0.387 e. The fourth-order valence-corrected chi connectivity index (χ4v) is 3.66. The van der Waals surface area contributed by atoms with Crippen molar-refractivity contribution in [2.45, 2.75) is 11.5 Å². The molecule has 1 aliphatic rings. The van der Waals surface area contributed by atoms with Gasteiger partial charge in [-0.1, -0.05) is 78.9 Å². The van der Waals surface area contributed by atoms with Gasteiger partial charge in [0, 0.05) is 6.21 Å². The molecule has 2 atom stereocenters. The maximum Gasteiger partial charge on any atom is 0.0911 e. The van der Waals surface area contributed by atoms with Crippen molar-refractivity contribution in [3.63, 3.8) is 0 Å². The summed E-state index contributed by atoms with van der Waals surface area (Å²) in [5.74, 6) is 0. The maximum atomic E-state index is 10.8. The van der Waals surface area contributed by atoms with Gasteiger partial charge in [0.2, 0.25) is 0 Å². The summed E-state index contributed by atoms with van der Waals surface area (Å²) in [4.78, 5) is 0. The van der Waals surface area contributed by atoms with Crippen LogP contribution in [0.3, 0.4) is 0 Å². The minimum atomic E-state index is -0.855. The second kappa shape index (κ2) is 5.18. The van der Waals surface area contributed by atoms with E-state index in [2.05, 4.69) is 18.2 Å².